The molecule has 0 aliphatic carbocycles. The first-order chi connectivity index (χ1) is 20.9. The van der Waals surface area contributed by atoms with Gasteiger partial charge in [-0.2, -0.15) is 9.97 Å². The Kier molecular flexibility index (Phi) is 7.70. The molecule has 8 nitrogen and oxygen atoms in total. The molecule has 1 unspecified atom stereocenters. The lowest BCUT2D eigenvalue weighted by atomic mass is 9.88. The minimum atomic E-state index is -0.268. The molecule has 2 aromatic heterocycles. The second-order valence-electron chi connectivity index (χ2n) is 12.6. The van der Waals surface area contributed by atoms with Gasteiger partial charge in [-0.25, -0.2) is 4.39 Å². The Labute approximate surface area is 254 Å². The van der Waals surface area contributed by atoms with Crippen LogP contribution in [0.4, 0.5) is 10.2 Å². The van der Waals surface area contributed by atoms with Crippen molar-refractivity contribution in [2.75, 3.05) is 58.9 Å². The molecule has 43 heavy (non-hydrogen) atoms. The number of hydrogen-bond donors (Lipinski definition) is 1. The van der Waals surface area contributed by atoms with Crippen molar-refractivity contribution in [3.05, 3.63) is 48.4 Å². The monoisotopic (exact) mass is 602 g/mol. The van der Waals surface area contributed by atoms with Crippen molar-refractivity contribution in [2.24, 2.45) is 0 Å². The van der Waals surface area contributed by atoms with E-state index in [2.05, 4.69) is 38.5 Å². The number of anilines is 1. The van der Waals surface area contributed by atoms with E-state index >= 15 is 4.39 Å². The predicted octanol–water partition coefficient (Wildman–Crippen LogP) is 5.01. The van der Waals surface area contributed by atoms with Gasteiger partial charge in [0.25, 0.3) is 0 Å². The number of nitrogens with one attached hydrogen (secondary N) is 1. The number of likely N-dealkylation sites (N-methyl/N-ethyl adjacent to an activating group) is 1. The number of pyridine rings is 1. The molecular formula is C33H40FN6O2P. The molecule has 3 aliphatic rings. The molecule has 10 heteroatoms. The van der Waals surface area contributed by atoms with Crippen LogP contribution in [0.1, 0.15) is 38.5 Å². The molecule has 3 fully saturated rings. The van der Waals surface area contributed by atoms with Crippen LogP contribution in [0.15, 0.2) is 42.6 Å². The zero-order valence-corrected chi connectivity index (χ0v) is 26.2. The van der Waals surface area contributed by atoms with E-state index in [-0.39, 0.29) is 16.9 Å². The van der Waals surface area contributed by atoms with Gasteiger partial charge in [0.1, 0.15) is 18.2 Å². The minimum Gasteiger partial charge on any atom is -0.461 e. The van der Waals surface area contributed by atoms with Crippen LogP contribution in [-0.4, -0.2) is 89.4 Å². The normalized spacial score (nSPS) is 19.7. The first-order valence-electron chi connectivity index (χ1n) is 15.4. The second-order valence-corrected chi connectivity index (χ2v) is 13.2. The van der Waals surface area contributed by atoms with Crippen LogP contribution < -0.4 is 15.4 Å². The number of benzene rings is 2. The number of hydrogen-bond acceptors (Lipinski definition) is 8. The summed E-state index contributed by atoms with van der Waals surface area (Å²) < 4.78 is 27.3. The maximum Gasteiger partial charge on any atom is 0.319 e. The molecule has 5 heterocycles. The summed E-state index contributed by atoms with van der Waals surface area (Å²) in [6, 6.07) is 11.3. The van der Waals surface area contributed by atoms with Crippen LogP contribution in [0, 0.1) is 5.82 Å². The third-order valence-corrected chi connectivity index (χ3v) is 10.7. The van der Waals surface area contributed by atoms with Crippen LogP contribution in [0.3, 0.4) is 0 Å². The highest BCUT2D eigenvalue weighted by molar-refractivity contribution is 7.28. The Balaban J connectivity index is 1.30. The summed E-state index contributed by atoms with van der Waals surface area (Å²) >= 11 is 0. The number of ether oxygens (including phenoxy) is 2. The molecule has 1 N–H and O–H groups in total. The summed E-state index contributed by atoms with van der Waals surface area (Å²) in [5.74, 6) is 0.433. The predicted molar refractivity (Wildman–Crippen MR) is 173 cm³/mol. The van der Waals surface area contributed by atoms with E-state index in [0.29, 0.717) is 36.1 Å². The highest BCUT2D eigenvalue weighted by Gasteiger charge is 2.45. The van der Waals surface area contributed by atoms with Gasteiger partial charge in [0, 0.05) is 47.7 Å². The summed E-state index contributed by atoms with van der Waals surface area (Å²) in [6.45, 7) is 5.03. The fourth-order valence-corrected chi connectivity index (χ4v) is 7.89. The molecule has 3 saturated heterocycles. The van der Waals surface area contributed by atoms with Crippen LogP contribution >= 0.6 is 9.24 Å². The summed E-state index contributed by atoms with van der Waals surface area (Å²) in [7, 11) is 7.08. The fraction of sp³-hybridized carbons (Fsp3) is 0.485. The van der Waals surface area contributed by atoms with Crippen LogP contribution in [0.5, 0.6) is 6.01 Å². The molecule has 7 rings (SSSR count). The molecule has 226 valence electrons. The highest BCUT2D eigenvalue weighted by atomic mass is 31.0. The van der Waals surface area contributed by atoms with Gasteiger partial charge in [0.05, 0.1) is 22.1 Å². The van der Waals surface area contributed by atoms with E-state index in [1.54, 1.807) is 6.07 Å². The summed E-state index contributed by atoms with van der Waals surface area (Å²) in [5.41, 5.74) is 2.17. The molecule has 3 aliphatic heterocycles. The van der Waals surface area contributed by atoms with E-state index in [9.17, 15) is 0 Å². The molecular weight excluding hydrogens is 562 g/mol. The van der Waals surface area contributed by atoms with E-state index in [4.69, 9.17) is 24.4 Å². The zero-order valence-electron chi connectivity index (χ0n) is 25.0. The van der Waals surface area contributed by atoms with Crippen molar-refractivity contribution >= 4 is 42.0 Å². The maximum absolute atomic E-state index is 15.1. The molecule has 0 radical (unpaired) electrons. The van der Waals surface area contributed by atoms with Crippen molar-refractivity contribution in [3.63, 3.8) is 0 Å². The van der Waals surface area contributed by atoms with Gasteiger partial charge in [-0.15, -0.1) is 9.24 Å². The van der Waals surface area contributed by atoms with Gasteiger partial charge < -0.3 is 19.7 Å². The van der Waals surface area contributed by atoms with Gasteiger partial charge in [0.15, 0.2) is 0 Å². The Morgan fingerprint density at radius 2 is 1.79 bits per heavy atom. The zero-order chi connectivity index (χ0) is 29.6. The smallest absolute Gasteiger partial charge is 0.319 e. The van der Waals surface area contributed by atoms with Crippen molar-refractivity contribution in [3.8, 4) is 17.3 Å². The van der Waals surface area contributed by atoms with Crippen molar-refractivity contribution in [1.82, 2.24) is 24.8 Å². The van der Waals surface area contributed by atoms with E-state index in [0.717, 1.165) is 79.1 Å². The van der Waals surface area contributed by atoms with Crippen molar-refractivity contribution in [2.45, 2.75) is 49.6 Å². The molecule has 0 amide bonds. The van der Waals surface area contributed by atoms with Gasteiger partial charge in [-0.3, -0.25) is 9.88 Å². The SMILES string of the molecule is CN(C)C1(CNc2nc(OCC34CCCN3CCC4)nc3c(P)c(-c4cccc5cccc(F)c45)ncc23)CCOCC1. The lowest BCUT2D eigenvalue weighted by Gasteiger charge is -2.43. The maximum atomic E-state index is 15.1. The lowest BCUT2D eigenvalue weighted by Crippen LogP contribution is -2.53. The van der Waals surface area contributed by atoms with E-state index in [1.165, 1.54) is 18.9 Å². The summed E-state index contributed by atoms with van der Waals surface area (Å²) in [6.07, 6.45) is 8.38. The number of halogens is 1. The van der Waals surface area contributed by atoms with Gasteiger partial charge in [-0.05, 0) is 77.2 Å². The Morgan fingerprint density at radius 1 is 1.05 bits per heavy atom. The number of aromatic nitrogens is 3. The Hall–Kier alpha value is -2.97. The minimum absolute atomic E-state index is 0.0542. The molecule has 2 aromatic carbocycles. The van der Waals surface area contributed by atoms with Crippen LogP contribution in [-0.2, 0) is 4.74 Å². The Morgan fingerprint density at radius 3 is 2.53 bits per heavy atom. The quantitative estimate of drug-likeness (QED) is 0.282. The molecule has 1 atom stereocenters. The van der Waals surface area contributed by atoms with E-state index in [1.807, 2.05) is 30.5 Å². The number of rotatable bonds is 8. The van der Waals surface area contributed by atoms with E-state index < -0.39 is 0 Å². The number of nitrogens with zero attached hydrogens (tertiary/aromatic N) is 5. The van der Waals surface area contributed by atoms with Crippen LogP contribution in [0.2, 0.25) is 0 Å². The average Bonchev–Trinajstić information content (AvgIpc) is 3.60. The van der Waals surface area contributed by atoms with Crippen molar-refractivity contribution < 1.29 is 13.9 Å². The third kappa shape index (κ3) is 5.14. The molecule has 0 spiro atoms. The first kappa shape index (κ1) is 28.8. The first-order valence-corrected chi connectivity index (χ1v) is 16.0. The average molecular weight is 603 g/mol. The Bertz CT molecular complexity index is 1640. The fourth-order valence-electron chi connectivity index (χ4n) is 7.44. The summed E-state index contributed by atoms with van der Waals surface area (Å²) in [4.78, 5) is 19.6. The molecule has 0 bridgehead atoms. The van der Waals surface area contributed by atoms with Gasteiger partial charge in [0.2, 0.25) is 0 Å². The van der Waals surface area contributed by atoms with Crippen molar-refractivity contribution in [1.29, 1.82) is 0 Å². The standard InChI is InChI=1S/C33H40FN6O2P/c1-39(2)32(13-17-41-18-14-32)20-36-30-24-19-35-27(23-9-3-7-22-8-4-10-25(34)26(22)23)29(43)28(24)37-31(38-30)42-21-33-11-5-15-40(33)16-6-12-33/h3-4,7-10,19H,5-6,11-18,20-21,43H2,1-2H3,(H,36,37,38). The van der Waals surface area contributed by atoms with Gasteiger partial charge in [-0.1, -0.05) is 30.3 Å². The third-order valence-electron chi connectivity index (χ3n) is 10.1. The topological polar surface area (TPSA) is 75.6 Å². The molecule has 4 aromatic rings. The number of fused-ring (bicyclic) bond motifs is 3. The van der Waals surface area contributed by atoms with Crippen LogP contribution in [0.25, 0.3) is 32.9 Å². The largest absolute Gasteiger partial charge is 0.461 e. The highest BCUT2D eigenvalue weighted by Crippen LogP contribution is 2.39. The van der Waals surface area contributed by atoms with Gasteiger partial charge >= 0.3 is 6.01 Å². The second kappa shape index (κ2) is 11.5. The lowest BCUT2D eigenvalue weighted by molar-refractivity contribution is -0.000660. The summed E-state index contributed by atoms with van der Waals surface area (Å²) in [5, 5.41) is 6.66. The molecule has 0 saturated carbocycles.